The SMILES string of the molecule is CC1=CC2OCCN(C)C2C=C1. The van der Waals surface area contributed by atoms with Crippen LogP contribution in [0.25, 0.3) is 0 Å². The highest BCUT2D eigenvalue weighted by Crippen LogP contribution is 2.20. The summed E-state index contributed by atoms with van der Waals surface area (Å²) in [6.45, 7) is 4.01. The van der Waals surface area contributed by atoms with E-state index in [2.05, 4.69) is 37.1 Å². The summed E-state index contributed by atoms with van der Waals surface area (Å²) in [5, 5.41) is 0. The average molecular weight is 165 g/mol. The van der Waals surface area contributed by atoms with Crippen molar-refractivity contribution in [3.63, 3.8) is 0 Å². The van der Waals surface area contributed by atoms with Gasteiger partial charge in [0.15, 0.2) is 0 Å². The topological polar surface area (TPSA) is 12.5 Å². The monoisotopic (exact) mass is 165 g/mol. The molecule has 0 bridgehead atoms. The van der Waals surface area contributed by atoms with Gasteiger partial charge >= 0.3 is 0 Å². The van der Waals surface area contributed by atoms with E-state index < -0.39 is 0 Å². The Bertz CT molecular complexity index is 232. The van der Waals surface area contributed by atoms with E-state index in [-0.39, 0.29) is 6.10 Å². The molecule has 2 aliphatic rings. The second-order valence-corrected chi connectivity index (χ2v) is 3.58. The van der Waals surface area contributed by atoms with Crippen LogP contribution in [0.3, 0.4) is 0 Å². The van der Waals surface area contributed by atoms with Crippen LogP contribution in [0.1, 0.15) is 6.92 Å². The Labute approximate surface area is 73.5 Å². The first-order valence-corrected chi connectivity index (χ1v) is 4.46. The molecule has 0 amide bonds. The summed E-state index contributed by atoms with van der Waals surface area (Å²) in [5.41, 5.74) is 1.31. The fourth-order valence-corrected chi connectivity index (χ4v) is 1.80. The van der Waals surface area contributed by atoms with Crippen molar-refractivity contribution in [1.82, 2.24) is 4.90 Å². The first kappa shape index (κ1) is 8.02. The zero-order valence-corrected chi connectivity index (χ0v) is 7.66. The summed E-state index contributed by atoms with van der Waals surface area (Å²) in [6.07, 6.45) is 6.90. The molecule has 0 aromatic carbocycles. The number of hydrogen-bond donors (Lipinski definition) is 0. The molecule has 0 radical (unpaired) electrons. The van der Waals surface area contributed by atoms with E-state index in [1.54, 1.807) is 0 Å². The van der Waals surface area contributed by atoms with Gasteiger partial charge in [-0.3, -0.25) is 4.90 Å². The maximum absolute atomic E-state index is 5.65. The fraction of sp³-hybridized carbons (Fsp3) is 0.600. The molecule has 1 heterocycles. The Morgan fingerprint density at radius 1 is 1.58 bits per heavy atom. The molecule has 2 atom stereocenters. The third-order valence-electron chi connectivity index (χ3n) is 2.58. The molecule has 0 aromatic heterocycles. The van der Waals surface area contributed by atoms with Crippen molar-refractivity contribution < 1.29 is 4.74 Å². The lowest BCUT2D eigenvalue weighted by atomic mass is 9.99. The molecule has 0 aromatic rings. The molecule has 66 valence electrons. The molecule has 1 fully saturated rings. The number of hydrogen-bond acceptors (Lipinski definition) is 2. The van der Waals surface area contributed by atoms with E-state index in [4.69, 9.17) is 4.74 Å². The molecule has 2 unspecified atom stereocenters. The minimum atomic E-state index is 0.286. The highest BCUT2D eigenvalue weighted by molar-refractivity contribution is 5.27. The van der Waals surface area contributed by atoms with Crippen LogP contribution in [0, 0.1) is 0 Å². The molecular formula is C10H15NO. The van der Waals surface area contributed by atoms with Crippen LogP contribution in [0.2, 0.25) is 0 Å². The van der Waals surface area contributed by atoms with E-state index >= 15 is 0 Å². The van der Waals surface area contributed by atoms with Crippen LogP contribution < -0.4 is 0 Å². The zero-order chi connectivity index (χ0) is 8.55. The number of nitrogens with zero attached hydrogens (tertiary/aromatic N) is 1. The fourth-order valence-electron chi connectivity index (χ4n) is 1.80. The van der Waals surface area contributed by atoms with Gasteiger partial charge in [-0.05, 0) is 14.0 Å². The number of rotatable bonds is 0. The van der Waals surface area contributed by atoms with Gasteiger partial charge in [0.2, 0.25) is 0 Å². The van der Waals surface area contributed by atoms with Crippen LogP contribution in [0.5, 0.6) is 0 Å². The molecule has 2 heteroatoms. The third kappa shape index (κ3) is 1.32. The second-order valence-electron chi connectivity index (χ2n) is 3.58. The molecular weight excluding hydrogens is 150 g/mol. The first-order chi connectivity index (χ1) is 5.77. The predicted molar refractivity (Wildman–Crippen MR) is 49.1 cm³/mol. The lowest BCUT2D eigenvalue weighted by molar-refractivity contribution is -0.0210. The summed E-state index contributed by atoms with van der Waals surface area (Å²) in [6, 6.07) is 0.461. The largest absolute Gasteiger partial charge is 0.371 e. The summed E-state index contributed by atoms with van der Waals surface area (Å²) < 4.78 is 5.65. The Morgan fingerprint density at radius 2 is 2.42 bits per heavy atom. The van der Waals surface area contributed by atoms with Gasteiger partial charge in [-0.25, -0.2) is 0 Å². The normalized spacial score (nSPS) is 36.0. The standard InChI is InChI=1S/C10H15NO/c1-8-3-4-9-10(7-8)12-6-5-11(9)2/h3-4,7,9-10H,5-6H2,1-2H3. The zero-order valence-electron chi connectivity index (χ0n) is 7.66. The smallest absolute Gasteiger partial charge is 0.0952 e. The van der Waals surface area contributed by atoms with E-state index in [9.17, 15) is 0 Å². The first-order valence-electron chi connectivity index (χ1n) is 4.46. The predicted octanol–water partition coefficient (Wildman–Crippen LogP) is 1.20. The molecule has 1 aliphatic carbocycles. The van der Waals surface area contributed by atoms with Crippen LogP contribution in [0.15, 0.2) is 23.8 Å². The van der Waals surface area contributed by atoms with Crippen molar-refractivity contribution in [2.45, 2.75) is 19.1 Å². The van der Waals surface area contributed by atoms with Gasteiger partial charge in [0, 0.05) is 6.54 Å². The maximum Gasteiger partial charge on any atom is 0.0952 e. The number of morpholine rings is 1. The van der Waals surface area contributed by atoms with Crippen LogP contribution in [-0.4, -0.2) is 37.2 Å². The average Bonchev–Trinajstić information content (AvgIpc) is 2.04. The van der Waals surface area contributed by atoms with Gasteiger partial charge in [0.05, 0.1) is 18.8 Å². The van der Waals surface area contributed by atoms with Crippen molar-refractivity contribution in [2.24, 2.45) is 0 Å². The Hall–Kier alpha value is -0.600. The Kier molecular flexibility index (Phi) is 2.03. The highest BCUT2D eigenvalue weighted by atomic mass is 16.5. The second kappa shape index (κ2) is 3.04. The summed E-state index contributed by atoms with van der Waals surface area (Å²) in [5.74, 6) is 0. The van der Waals surface area contributed by atoms with E-state index in [0.29, 0.717) is 6.04 Å². The van der Waals surface area contributed by atoms with E-state index in [1.807, 2.05) is 0 Å². The molecule has 12 heavy (non-hydrogen) atoms. The minimum Gasteiger partial charge on any atom is -0.371 e. The van der Waals surface area contributed by atoms with Gasteiger partial charge in [-0.15, -0.1) is 0 Å². The number of fused-ring (bicyclic) bond motifs is 1. The summed E-state index contributed by atoms with van der Waals surface area (Å²) >= 11 is 0. The molecule has 1 aliphatic heterocycles. The van der Waals surface area contributed by atoms with Crippen molar-refractivity contribution in [2.75, 3.05) is 20.2 Å². The molecule has 0 spiro atoms. The molecule has 1 saturated heterocycles. The van der Waals surface area contributed by atoms with Crippen LogP contribution in [-0.2, 0) is 4.74 Å². The van der Waals surface area contributed by atoms with Gasteiger partial charge in [-0.2, -0.15) is 0 Å². The molecule has 0 N–H and O–H groups in total. The molecule has 2 nitrogen and oxygen atoms in total. The van der Waals surface area contributed by atoms with Crippen molar-refractivity contribution in [3.05, 3.63) is 23.8 Å². The van der Waals surface area contributed by atoms with Gasteiger partial charge in [0.1, 0.15) is 0 Å². The lowest BCUT2D eigenvalue weighted by Crippen LogP contribution is -2.48. The molecule has 2 rings (SSSR count). The van der Waals surface area contributed by atoms with Crippen molar-refractivity contribution in [1.29, 1.82) is 0 Å². The minimum absolute atomic E-state index is 0.286. The number of likely N-dealkylation sites (N-methyl/N-ethyl adjacent to an activating group) is 1. The Balaban J connectivity index is 2.17. The van der Waals surface area contributed by atoms with Crippen molar-refractivity contribution in [3.8, 4) is 0 Å². The summed E-state index contributed by atoms with van der Waals surface area (Å²) in [7, 11) is 2.15. The highest BCUT2D eigenvalue weighted by Gasteiger charge is 2.27. The van der Waals surface area contributed by atoms with E-state index in [0.717, 1.165) is 13.2 Å². The summed E-state index contributed by atoms with van der Waals surface area (Å²) in [4.78, 5) is 2.34. The van der Waals surface area contributed by atoms with E-state index in [1.165, 1.54) is 5.57 Å². The van der Waals surface area contributed by atoms with Crippen molar-refractivity contribution >= 4 is 0 Å². The van der Waals surface area contributed by atoms with Crippen LogP contribution in [0.4, 0.5) is 0 Å². The maximum atomic E-state index is 5.65. The van der Waals surface area contributed by atoms with Crippen LogP contribution >= 0.6 is 0 Å². The number of ether oxygens (including phenoxy) is 1. The Morgan fingerprint density at radius 3 is 3.25 bits per heavy atom. The number of allylic oxidation sites excluding steroid dienone is 2. The molecule has 0 saturated carbocycles. The quantitative estimate of drug-likeness (QED) is 0.535. The third-order valence-corrected chi connectivity index (χ3v) is 2.58. The van der Waals surface area contributed by atoms with Gasteiger partial charge in [-0.1, -0.05) is 23.8 Å². The van der Waals surface area contributed by atoms with Gasteiger partial charge < -0.3 is 4.74 Å². The van der Waals surface area contributed by atoms with Gasteiger partial charge in [0.25, 0.3) is 0 Å². The lowest BCUT2D eigenvalue weighted by Gasteiger charge is -2.37.